The van der Waals surface area contributed by atoms with E-state index >= 15 is 0 Å². The number of benzene rings is 4. The SMILES string of the molecule is CO[C@H]1O[C@H](CO[C@@H]2O[C@@H]3CO[C@@H](c4ccccc4)O[C@H]3[C@H](O)[C@H]2n2c(C)ccc2C)[C@@H](OCc2ccccc2)[C@H](OCc2ccccc2)[C@H]1OCc1ccccc1. The lowest BCUT2D eigenvalue weighted by Crippen LogP contribution is -2.63. The fraction of sp³-hybridized carbons (Fsp3) is 0.404. The molecular weight excluding hydrogens is 739 g/mol. The third kappa shape index (κ3) is 9.30. The largest absolute Gasteiger partial charge is 0.388 e. The quantitative estimate of drug-likeness (QED) is 0.119. The van der Waals surface area contributed by atoms with Crippen LogP contribution in [0.5, 0.6) is 0 Å². The molecule has 0 bridgehead atoms. The topological polar surface area (TPSA) is 108 Å². The Morgan fingerprint density at radius 2 is 1.10 bits per heavy atom. The molecule has 3 aliphatic heterocycles. The minimum Gasteiger partial charge on any atom is -0.388 e. The highest BCUT2D eigenvalue weighted by Gasteiger charge is 2.53. The molecule has 11 nitrogen and oxygen atoms in total. The van der Waals surface area contributed by atoms with Gasteiger partial charge in [-0.2, -0.15) is 0 Å². The molecule has 0 aliphatic carbocycles. The Morgan fingerprint density at radius 3 is 1.66 bits per heavy atom. The van der Waals surface area contributed by atoms with E-state index in [4.69, 9.17) is 42.6 Å². The third-order valence-electron chi connectivity index (χ3n) is 11.1. The Balaban J connectivity index is 1.08. The van der Waals surface area contributed by atoms with Gasteiger partial charge in [0.1, 0.15) is 48.8 Å². The number of aromatic nitrogens is 1. The molecule has 306 valence electrons. The van der Waals surface area contributed by atoms with Crippen LogP contribution in [-0.2, 0) is 62.5 Å². The van der Waals surface area contributed by atoms with Gasteiger partial charge in [0, 0.05) is 24.1 Å². The van der Waals surface area contributed by atoms with E-state index in [-0.39, 0.29) is 13.2 Å². The molecule has 0 amide bonds. The molecule has 0 radical (unpaired) electrons. The van der Waals surface area contributed by atoms with Crippen LogP contribution in [-0.4, -0.2) is 85.3 Å². The normalized spacial score (nSPS) is 29.8. The number of aliphatic hydroxyl groups is 1. The van der Waals surface area contributed by atoms with E-state index in [0.29, 0.717) is 19.8 Å². The predicted molar refractivity (Wildman–Crippen MR) is 214 cm³/mol. The molecule has 58 heavy (non-hydrogen) atoms. The standard InChI is InChI=1S/C47H53NO10/c1-31-24-25-32(2)48(31)39-40(49)41-37(29-54-45(58-41)36-22-14-7-15-23-36)56-46(39)55-30-38-42(51-26-33-16-8-4-9-17-33)43(52-27-34-18-10-5-11-19-34)44(47(50-3)57-38)53-28-35-20-12-6-13-21-35/h4-25,37-47,49H,26-30H2,1-3H3/t37-,38-,39-,40-,41-,42-,43+,44-,45-,46-,47+/m1/s1. The Hall–Kier alpha value is -4.24. The highest BCUT2D eigenvalue weighted by atomic mass is 16.8. The predicted octanol–water partition coefficient (Wildman–Crippen LogP) is 6.99. The van der Waals surface area contributed by atoms with Crippen molar-refractivity contribution in [3.63, 3.8) is 0 Å². The van der Waals surface area contributed by atoms with Crippen molar-refractivity contribution in [1.29, 1.82) is 0 Å². The number of rotatable bonds is 15. The molecule has 0 unspecified atom stereocenters. The fourth-order valence-electron chi connectivity index (χ4n) is 8.18. The molecule has 5 aromatic rings. The minimum atomic E-state index is -0.995. The van der Waals surface area contributed by atoms with Crippen molar-refractivity contribution in [3.05, 3.63) is 167 Å². The average molecular weight is 792 g/mol. The van der Waals surface area contributed by atoms with E-state index in [2.05, 4.69) is 4.57 Å². The van der Waals surface area contributed by atoms with Gasteiger partial charge in [-0.3, -0.25) is 0 Å². The second-order valence-electron chi connectivity index (χ2n) is 15.1. The zero-order valence-corrected chi connectivity index (χ0v) is 33.2. The van der Waals surface area contributed by atoms with Gasteiger partial charge in [0.2, 0.25) is 0 Å². The summed E-state index contributed by atoms with van der Waals surface area (Å²) < 4.78 is 61.1. The fourth-order valence-corrected chi connectivity index (χ4v) is 8.18. The minimum absolute atomic E-state index is 0.0227. The van der Waals surface area contributed by atoms with Crippen LogP contribution < -0.4 is 0 Å². The summed E-state index contributed by atoms with van der Waals surface area (Å²) >= 11 is 0. The number of methoxy groups -OCH3 is 1. The number of hydrogen-bond acceptors (Lipinski definition) is 10. The van der Waals surface area contributed by atoms with Crippen molar-refractivity contribution in [2.45, 2.75) is 101 Å². The van der Waals surface area contributed by atoms with Crippen molar-refractivity contribution in [2.75, 3.05) is 20.3 Å². The molecule has 8 rings (SSSR count). The molecule has 1 N–H and O–H groups in total. The summed E-state index contributed by atoms with van der Waals surface area (Å²) in [5, 5.41) is 12.2. The lowest BCUT2D eigenvalue weighted by molar-refractivity contribution is -0.361. The van der Waals surface area contributed by atoms with Crippen LogP contribution in [0.15, 0.2) is 133 Å². The van der Waals surface area contributed by atoms with E-state index in [9.17, 15) is 5.11 Å². The van der Waals surface area contributed by atoms with Gasteiger partial charge in [-0.05, 0) is 42.7 Å². The number of fused-ring (bicyclic) bond motifs is 1. The molecule has 3 saturated heterocycles. The molecule has 4 aromatic carbocycles. The van der Waals surface area contributed by atoms with E-state index < -0.39 is 67.6 Å². The summed E-state index contributed by atoms with van der Waals surface area (Å²) in [5.74, 6) is 0. The molecule has 11 heteroatoms. The molecule has 0 spiro atoms. The monoisotopic (exact) mass is 791 g/mol. The van der Waals surface area contributed by atoms with E-state index in [1.807, 2.05) is 147 Å². The van der Waals surface area contributed by atoms with E-state index in [1.54, 1.807) is 7.11 Å². The summed E-state index contributed by atoms with van der Waals surface area (Å²) in [5.41, 5.74) is 5.78. The number of nitrogens with zero attached hydrogens (tertiary/aromatic N) is 1. The van der Waals surface area contributed by atoms with Crippen LogP contribution in [0.2, 0.25) is 0 Å². The summed E-state index contributed by atoms with van der Waals surface area (Å²) in [6, 6.07) is 43.1. The Morgan fingerprint density at radius 1 is 0.586 bits per heavy atom. The van der Waals surface area contributed by atoms with Gasteiger partial charge < -0.3 is 52.3 Å². The van der Waals surface area contributed by atoms with Crippen LogP contribution in [0.3, 0.4) is 0 Å². The zero-order valence-electron chi connectivity index (χ0n) is 33.2. The van der Waals surface area contributed by atoms with Crippen LogP contribution in [0.4, 0.5) is 0 Å². The van der Waals surface area contributed by atoms with Crippen molar-refractivity contribution in [2.24, 2.45) is 0 Å². The number of aliphatic hydroxyl groups excluding tert-OH is 1. The number of ether oxygens (including phenoxy) is 9. The van der Waals surface area contributed by atoms with E-state index in [0.717, 1.165) is 33.6 Å². The van der Waals surface area contributed by atoms with Gasteiger partial charge in [0.25, 0.3) is 0 Å². The Labute approximate surface area is 340 Å². The molecule has 3 fully saturated rings. The molecule has 4 heterocycles. The van der Waals surface area contributed by atoms with Gasteiger partial charge in [0.05, 0.1) is 33.0 Å². The first kappa shape index (κ1) is 40.5. The maximum Gasteiger partial charge on any atom is 0.186 e. The van der Waals surface area contributed by atoms with Crippen LogP contribution >= 0.6 is 0 Å². The van der Waals surface area contributed by atoms with Gasteiger partial charge >= 0.3 is 0 Å². The second kappa shape index (κ2) is 19.2. The average Bonchev–Trinajstić information content (AvgIpc) is 3.60. The molecule has 1 aromatic heterocycles. The zero-order chi connectivity index (χ0) is 39.8. The van der Waals surface area contributed by atoms with E-state index in [1.165, 1.54) is 0 Å². The summed E-state index contributed by atoms with van der Waals surface area (Å²) in [7, 11) is 1.60. The first-order valence-electron chi connectivity index (χ1n) is 20.0. The van der Waals surface area contributed by atoms with Crippen LogP contribution in [0.1, 0.15) is 46.0 Å². The van der Waals surface area contributed by atoms with Gasteiger partial charge in [-0.1, -0.05) is 121 Å². The van der Waals surface area contributed by atoms with Crippen molar-refractivity contribution in [1.82, 2.24) is 4.57 Å². The molecular formula is C47H53NO10. The van der Waals surface area contributed by atoms with Gasteiger partial charge in [0.15, 0.2) is 18.9 Å². The van der Waals surface area contributed by atoms with Crippen molar-refractivity contribution < 1.29 is 47.7 Å². The highest BCUT2D eigenvalue weighted by molar-refractivity contribution is 5.20. The third-order valence-corrected chi connectivity index (χ3v) is 11.1. The summed E-state index contributed by atoms with van der Waals surface area (Å²) in [6.07, 6.45) is -7.28. The van der Waals surface area contributed by atoms with Gasteiger partial charge in [-0.15, -0.1) is 0 Å². The molecule has 3 aliphatic rings. The number of hydrogen-bond donors (Lipinski definition) is 1. The lowest BCUT2D eigenvalue weighted by atomic mass is 9.94. The molecule has 0 saturated carbocycles. The first-order chi connectivity index (χ1) is 28.5. The molecule has 11 atom stereocenters. The summed E-state index contributed by atoms with van der Waals surface area (Å²) in [4.78, 5) is 0. The highest BCUT2D eigenvalue weighted by Crippen LogP contribution is 2.40. The van der Waals surface area contributed by atoms with Crippen LogP contribution in [0.25, 0.3) is 0 Å². The second-order valence-corrected chi connectivity index (χ2v) is 15.1. The van der Waals surface area contributed by atoms with Crippen molar-refractivity contribution in [3.8, 4) is 0 Å². The Bertz CT molecular complexity index is 1960. The maximum atomic E-state index is 12.2. The Kier molecular flexibility index (Phi) is 13.4. The maximum absolute atomic E-state index is 12.2. The number of aryl methyl sites for hydroxylation is 2. The van der Waals surface area contributed by atoms with Crippen molar-refractivity contribution >= 4 is 0 Å². The lowest BCUT2D eigenvalue weighted by Gasteiger charge is -2.49. The van der Waals surface area contributed by atoms with Gasteiger partial charge in [-0.25, -0.2) is 0 Å². The summed E-state index contributed by atoms with van der Waals surface area (Å²) in [6.45, 7) is 5.16. The first-order valence-corrected chi connectivity index (χ1v) is 20.0. The van der Waals surface area contributed by atoms with Crippen LogP contribution in [0, 0.1) is 13.8 Å². The smallest absolute Gasteiger partial charge is 0.186 e.